The van der Waals surface area contributed by atoms with Crippen molar-refractivity contribution in [2.24, 2.45) is 5.41 Å². The van der Waals surface area contributed by atoms with Crippen LogP contribution in [0.1, 0.15) is 45.2 Å². The fourth-order valence-electron chi connectivity index (χ4n) is 2.53. The van der Waals surface area contributed by atoms with E-state index in [0.29, 0.717) is 6.54 Å². The molecule has 1 heterocycles. The lowest BCUT2D eigenvalue weighted by atomic mass is 9.81. The van der Waals surface area contributed by atoms with E-state index in [1.165, 1.54) is 0 Å². The summed E-state index contributed by atoms with van der Waals surface area (Å²) < 4.78 is 1.61. The van der Waals surface area contributed by atoms with Gasteiger partial charge in [0, 0.05) is 6.07 Å². The summed E-state index contributed by atoms with van der Waals surface area (Å²) in [7, 11) is 0. The zero-order chi connectivity index (χ0) is 13.6. The van der Waals surface area contributed by atoms with Crippen molar-refractivity contribution in [1.29, 1.82) is 0 Å². The number of hydrogen-bond acceptors (Lipinski definition) is 3. The molecule has 0 bridgehead atoms. The van der Waals surface area contributed by atoms with Crippen LogP contribution in [0.4, 0.5) is 0 Å². The van der Waals surface area contributed by atoms with Gasteiger partial charge in [-0.2, -0.15) is 17.7 Å². The first kappa shape index (κ1) is 15.3. The largest absolute Gasteiger partial charge is 0.268 e. The average Bonchev–Trinajstić information content (AvgIpc) is 2.34. The van der Waals surface area contributed by atoms with E-state index < -0.39 is 0 Å². The topological polar surface area (TPSA) is 34.9 Å². The highest BCUT2D eigenvalue weighted by Gasteiger charge is 2.28. The van der Waals surface area contributed by atoms with Gasteiger partial charge in [0.1, 0.15) is 0 Å². The summed E-state index contributed by atoms with van der Waals surface area (Å²) in [6.07, 6.45) is 4.40. The number of rotatable bonds is 7. The molecule has 0 aromatic carbocycles. The lowest BCUT2D eigenvalue weighted by Gasteiger charge is -2.32. The molecule has 1 rings (SSSR count). The lowest BCUT2D eigenvalue weighted by Crippen LogP contribution is -2.35. The van der Waals surface area contributed by atoms with Crippen LogP contribution in [0.3, 0.4) is 0 Å². The quantitative estimate of drug-likeness (QED) is 0.771. The van der Waals surface area contributed by atoms with Crippen LogP contribution in [0.2, 0.25) is 0 Å². The van der Waals surface area contributed by atoms with Crippen molar-refractivity contribution in [3.05, 3.63) is 28.2 Å². The van der Waals surface area contributed by atoms with E-state index in [0.717, 1.165) is 37.1 Å². The third kappa shape index (κ3) is 3.87. The maximum absolute atomic E-state index is 11.8. The number of aryl methyl sites for hydroxylation is 1. The van der Waals surface area contributed by atoms with Crippen molar-refractivity contribution in [2.45, 2.75) is 53.0 Å². The maximum Gasteiger partial charge on any atom is 0.266 e. The SMILES string of the molecule is CCCC(CS)(CCC)Cn1nc(C)ccc1=O. The molecule has 0 aliphatic rings. The van der Waals surface area contributed by atoms with Gasteiger partial charge in [0.25, 0.3) is 5.56 Å². The summed E-state index contributed by atoms with van der Waals surface area (Å²) in [6.45, 7) is 6.96. The molecule has 0 aliphatic carbocycles. The van der Waals surface area contributed by atoms with Gasteiger partial charge >= 0.3 is 0 Å². The van der Waals surface area contributed by atoms with Gasteiger partial charge in [-0.3, -0.25) is 4.79 Å². The third-order valence-electron chi connectivity index (χ3n) is 3.38. The van der Waals surface area contributed by atoms with Crippen LogP contribution in [0.15, 0.2) is 16.9 Å². The molecule has 18 heavy (non-hydrogen) atoms. The normalized spacial score (nSPS) is 11.8. The number of thiol groups is 1. The van der Waals surface area contributed by atoms with Gasteiger partial charge in [-0.05, 0) is 37.0 Å². The molecule has 1 aromatic rings. The third-order valence-corrected chi connectivity index (χ3v) is 4.05. The molecule has 0 unspecified atom stereocenters. The molecule has 0 radical (unpaired) electrons. The van der Waals surface area contributed by atoms with E-state index >= 15 is 0 Å². The molecular weight excluding hydrogens is 244 g/mol. The number of hydrogen-bond donors (Lipinski definition) is 1. The Bertz CT molecular complexity index is 422. The highest BCUT2D eigenvalue weighted by molar-refractivity contribution is 7.80. The highest BCUT2D eigenvalue weighted by atomic mass is 32.1. The molecule has 0 saturated heterocycles. The van der Waals surface area contributed by atoms with Crippen molar-refractivity contribution < 1.29 is 0 Å². The Morgan fingerprint density at radius 1 is 1.28 bits per heavy atom. The summed E-state index contributed by atoms with van der Waals surface area (Å²) in [5.74, 6) is 0.802. The second kappa shape index (κ2) is 6.98. The molecule has 3 nitrogen and oxygen atoms in total. The van der Waals surface area contributed by atoms with Crippen molar-refractivity contribution in [2.75, 3.05) is 5.75 Å². The minimum absolute atomic E-state index is 0.0148. The molecule has 102 valence electrons. The molecule has 4 heteroatoms. The zero-order valence-electron chi connectivity index (χ0n) is 11.6. The first-order chi connectivity index (χ1) is 8.56. The molecule has 0 aliphatic heterocycles. The summed E-state index contributed by atoms with van der Waals surface area (Å²) in [5.41, 5.74) is 0.964. The van der Waals surface area contributed by atoms with Crippen molar-refractivity contribution >= 4 is 12.6 Å². The predicted molar refractivity (Wildman–Crippen MR) is 79.3 cm³/mol. The second-order valence-corrected chi connectivity index (χ2v) is 5.44. The minimum atomic E-state index is -0.0148. The van der Waals surface area contributed by atoms with E-state index in [1.807, 2.05) is 6.92 Å². The Labute approximate surface area is 115 Å². The zero-order valence-corrected chi connectivity index (χ0v) is 12.5. The minimum Gasteiger partial charge on any atom is -0.268 e. The van der Waals surface area contributed by atoms with Crippen molar-refractivity contribution in [3.63, 3.8) is 0 Å². The summed E-state index contributed by atoms with van der Waals surface area (Å²) in [6, 6.07) is 3.37. The Balaban J connectivity index is 3.01. The van der Waals surface area contributed by atoms with Gasteiger partial charge in [0.2, 0.25) is 0 Å². The van der Waals surface area contributed by atoms with Crippen molar-refractivity contribution in [3.8, 4) is 0 Å². The van der Waals surface area contributed by atoms with Crippen LogP contribution in [0.25, 0.3) is 0 Å². The smallest absolute Gasteiger partial charge is 0.266 e. The Morgan fingerprint density at radius 3 is 2.39 bits per heavy atom. The molecule has 0 spiro atoms. The van der Waals surface area contributed by atoms with Crippen LogP contribution in [-0.4, -0.2) is 15.5 Å². The number of aromatic nitrogens is 2. The molecular formula is C14H24N2OS. The van der Waals surface area contributed by atoms with Gasteiger partial charge in [-0.15, -0.1) is 0 Å². The first-order valence-electron chi connectivity index (χ1n) is 6.72. The lowest BCUT2D eigenvalue weighted by molar-refractivity contribution is 0.217. The van der Waals surface area contributed by atoms with Crippen LogP contribution < -0.4 is 5.56 Å². The molecule has 0 atom stereocenters. The molecule has 0 fully saturated rings. The van der Waals surface area contributed by atoms with Crippen molar-refractivity contribution in [1.82, 2.24) is 9.78 Å². The van der Waals surface area contributed by atoms with E-state index in [2.05, 4.69) is 31.6 Å². The Morgan fingerprint density at radius 2 is 1.89 bits per heavy atom. The van der Waals surface area contributed by atoms with Crippen LogP contribution in [-0.2, 0) is 6.54 Å². The van der Waals surface area contributed by atoms with Gasteiger partial charge < -0.3 is 0 Å². The van der Waals surface area contributed by atoms with Gasteiger partial charge in [0.05, 0.1) is 12.2 Å². The summed E-state index contributed by atoms with van der Waals surface area (Å²) in [5, 5.41) is 4.34. The second-order valence-electron chi connectivity index (χ2n) is 5.13. The van der Waals surface area contributed by atoms with E-state index in [4.69, 9.17) is 0 Å². The van der Waals surface area contributed by atoms with Crippen LogP contribution in [0.5, 0.6) is 0 Å². The summed E-state index contributed by atoms with van der Waals surface area (Å²) in [4.78, 5) is 11.8. The van der Waals surface area contributed by atoms with Crippen LogP contribution >= 0.6 is 12.6 Å². The van der Waals surface area contributed by atoms with Crippen LogP contribution in [0, 0.1) is 12.3 Å². The molecule has 0 amide bonds. The monoisotopic (exact) mass is 268 g/mol. The fraction of sp³-hybridized carbons (Fsp3) is 0.714. The average molecular weight is 268 g/mol. The van der Waals surface area contributed by atoms with Gasteiger partial charge in [-0.25, -0.2) is 4.68 Å². The Hall–Kier alpha value is -0.770. The van der Waals surface area contributed by atoms with E-state index in [-0.39, 0.29) is 11.0 Å². The summed E-state index contributed by atoms with van der Waals surface area (Å²) >= 11 is 4.52. The maximum atomic E-state index is 11.8. The highest BCUT2D eigenvalue weighted by Crippen LogP contribution is 2.32. The first-order valence-corrected chi connectivity index (χ1v) is 7.36. The fourth-order valence-corrected chi connectivity index (χ4v) is 2.95. The van der Waals surface area contributed by atoms with Gasteiger partial charge in [-0.1, -0.05) is 26.7 Å². The predicted octanol–water partition coefficient (Wildman–Crippen LogP) is 3.07. The van der Waals surface area contributed by atoms with E-state index in [9.17, 15) is 4.79 Å². The van der Waals surface area contributed by atoms with Gasteiger partial charge in [0.15, 0.2) is 0 Å². The molecule has 0 N–H and O–H groups in total. The number of nitrogens with zero attached hydrogens (tertiary/aromatic N) is 2. The van der Waals surface area contributed by atoms with E-state index in [1.54, 1.807) is 16.8 Å². The molecule has 0 saturated carbocycles. The molecule has 1 aromatic heterocycles. The standard InChI is InChI=1S/C14H24N2OS/c1-4-8-14(11-18,9-5-2)10-16-13(17)7-6-12(3)15-16/h6-7,18H,4-5,8-11H2,1-3H3. The Kier molecular flexibility index (Phi) is 5.93.